The molecule has 0 aliphatic carbocycles. The molecular formula is C19H23N2O3S+. The molecule has 1 aliphatic rings. The lowest BCUT2D eigenvalue weighted by molar-refractivity contribution is -0.907. The van der Waals surface area contributed by atoms with Crippen molar-refractivity contribution in [3.63, 3.8) is 0 Å². The predicted molar refractivity (Wildman–Crippen MR) is 99.5 cm³/mol. The highest BCUT2D eigenvalue weighted by molar-refractivity contribution is 7.98. The molecule has 0 fully saturated rings. The first kappa shape index (κ1) is 17.6. The summed E-state index contributed by atoms with van der Waals surface area (Å²) in [5.41, 5.74) is 1.98. The molecular weight excluding hydrogens is 336 g/mol. The third-order valence-corrected chi connectivity index (χ3v) is 5.21. The number of thioether (sulfide) groups is 1. The van der Waals surface area contributed by atoms with Crippen molar-refractivity contribution < 1.29 is 19.2 Å². The van der Waals surface area contributed by atoms with E-state index in [1.807, 2.05) is 62.7 Å². The fourth-order valence-corrected chi connectivity index (χ4v) is 3.29. The smallest absolute Gasteiger partial charge is 0.282 e. The molecule has 6 heteroatoms. The Labute approximate surface area is 152 Å². The second-order valence-electron chi connectivity index (χ2n) is 6.12. The number of benzene rings is 2. The number of para-hydroxylation sites is 1. The summed E-state index contributed by atoms with van der Waals surface area (Å²) in [4.78, 5) is 14.8. The number of likely N-dealkylation sites (N-methyl/N-ethyl adjacent to an activating group) is 1. The maximum absolute atomic E-state index is 12.6. The van der Waals surface area contributed by atoms with Gasteiger partial charge in [0.1, 0.15) is 6.54 Å². The fraction of sp³-hybridized carbons (Fsp3) is 0.316. The molecule has 1 aliphatic heterocycles. The van der Waals surface area contributed by atoms with Gasteiger partial charge in [-0.1, -0.05) is 12.1 Å². The summed E-state index contributed by atoms with van der Waals surface area (Å²) in [6.45, 7) is 2.95. The number of amides is 1. The first-order valence-corrected chi connectivity index (χ1v) is 9.45. The standard InChI is InChI=1S/C19H22N2O3S/c1-13(19(22)20-15-6-4-5-7-18(15)25-3)21(2)11-14-8-9-16-17(10-14)24-12-23-16/h4-10,13H,11-12H2,1-3H3,(H,20,22)/p+1/t13-/m0/s1. The number of quaternary nitrogens is 1. The largest absolute Gasteiger partial charge is 0.454 e. The van der Waals surface area contributed by atoms with Crippen molar-refractivity contribution in [2.75, 3.05) is 25.4 Å². The van der Waals surface area contributed by atoms with E-state index in [2.05, 4.69) is 5.32 Å². The summed E-state index contributed by atoms with van der Waals surface area (Å²) >= 11 is 1.62. The number of hydrogen-bond acceptors (Lipinski definition) is 4. The molecule has 3 rings (SSSR count). The number of nitrogens with one attached hydrogen (secondary N) is 2. The van der Waals surface area contributed by atoms with Gasteiger partial charge in [-0.15, -0.1) is 11.8 Å². The summed E-state index contributed by atoms with van der Waals surface area (Å²) in [6.07, 6.45) is 2.01. The van der Waals surface area contributed by atoms with E-state index < -0.39 is 0 Å². The lowest BCUT2D eigenvalue weighted by Crippen LogP contribution is -3.12. The van der Waals surface area contributed by atoms with Crippen LogP contribution in [0.5, 0.6) is 11.5 Å². The Kier molecular flexibility index (Phi) is 5.50. The van der Waals surface area contributed by atoms with Crippen LogP contribution in [0.3, 0.4) is 0 Å². The van der Waals surface area contributed by atoms with Gasteiger partial charge in [-0.05, 0) is 43.5 Å². The Morgan fingerprint density at radius 2 is 2.00 bits per heavy atom. The second-order valence-corrected chi connectivity index (χ2v) is 6.97. The number of ether oxygens (including phenoxy) is 2. The van der Waals surface area contributed by atoms with Crippen LogP contribution in [0.1, 0.15) is 12.5 Å². The molecule has 2 N–H and O–H groups in total. The number of carbonyl (C=O) groups is 1. The maximum atomic E-state index is 12.6. The minimum Gasteiger partial charge on any atom is -0.454 e. The van der Waals surface area contributed by atoms with Gasteiger partial charge in [-0.3, -0.25) is 4.79 Å². The van der Waals surface area contributed by atoms with Gasteiger partial charge >= 0.3 is 0 Å². The number of rotatable bonds is 6. The third kappa shape index (κ3) is 4.08. The van der Waals surface area contributed by atoms with Crippen LogP contribution < -0.4 is 19.7 Å². The van der Waals surface area contributed by atoms with Gasteiger partial charge in [0.25, 0.3) is 5.91 Å². The van der Waals surface area contributed by atoms with Gasteiger partial charge in [-0.25, -0.2) is 0 Å². The van der Waals surface area contributed by atoms with Crippen molar-refractivity contribution >= 4 is 23.4 Å². The van der Waals surface area contributed by atoms with Crippen molar-refractivity contribution in [2.45, 2.75) is 24.4 Å². The Bertz CT molecular complexity index is 766. The predicted octanol–water partition coefficient (Wildman–Crippen LogP) is 2.18. The van der Waals surface area contributed by atoms with Crippen LogP contribution in [0.15, 0.2) is 47.4 Å². The average molecular weight is 359 g/mol. The Morgan fingerprint density at radius 1 is 1.24 bits per heavy atom. The Hall–Kier alpha value is -2.18. The van der Waals surface area contributed by atoms with Crippen LogP contribution in [0.4, 0.5) is 5.69 Å². The van der Waals surface area contributed by atoms with E-state index >= 15 is 0 Å². The first-order chi connectivity index (χ1) is 12.1. The summed E-state index contributed by atoms with van der Waals surface area (Å²) in [7, 11) is 2.02. The van der Waals surface area contributed by atoms with Gasteiger partial charge in [0, 0.05) is 10.5 Å². The van der Waals surface area contributed by atoms with Crippen LogP contribution >= 0.6 is 11.8 Å². The van der Waals surface area contributed by atoms with E-state index in [9.17, 15) is 4.79 Å². The van der Waals surface area contributed by atoms with Crippen molar-refractivity contribution in [1.29, 1.82) is 0 Å². The number of fused-ring (bicyclic) bond motifs is 1. The Morgan fingerprint density at radius 3 is 2.80 bits per heavy atom. The zero-order chi connectivity index (χ0) is 17.8. The third-order valence-electron chi connectivity index (χ3n) is 4.42. The number of hydrogen-bond donors (Lipinski definition) is 2. The molecule has 0 saturated heterocycles. The lowest BCUT2D eigenvalue weighted by Gasteiger charge is -2.21. The Balaban J connectivity index is 1.63. The van der Waals surface area contributed by atoms with Gasteiger partial charge in [0.2, 0.25) is 6.79 Å². The van der Waals surface area contributed by atoms with Crippen LogP contribution in [-0.4, -0.2) is 32.0 Å². The fourth-order valence-electron chi connectivity index (χ4n) is 2.74. The van der Waals surface area contributed by atoms with Gasteiger partial charge < -0.3 is 19.7 Å². The highest BCUT2D eigenvalue weighted by Crippen LogP contribution is 2.32. The van der Waals surface area contributed by atoms with Crippen molar-refractivity contribution in [2.24, 2.45) is 0 Å². The topological polar surface area (TPSA) is 52.0 Å². The molecule has 132 valence electrons. The SMILES string of the molecule is CSc1ccccc1NC(=O)[C@H](C)[NH+](C)Cc1ccc2c(c1)OCO2. The molecule has 0 bridgehead atoms. The van der Waals surface area contributed by atoms with Crippen molar-refractivity contribution in [1.82, 2.24) is 0 Å². The summed E-state index contributed by atoms with van der Waals surface area (Å²) in [6, 6.07) is 13.6. The quantitative estimate of drug-likeness (QED) is 0.777. The zero-order valence-corrected chi connectivity index (χ0v) is 15.5. The van der Waals surface area contributed by atoms with Crippen LogP contribution in [-0.2, 0) is 11.3 Å². The zero-order valence-electron chi connectivity index (χ0n) is 14.7. The molecule has 1 heterocycles. The number of carbonyl (C=O) groups excluding carboxylic acids is 1. The monoisotopic (exact) mass is 359 g/mol. The molecule has 2 atom stereocenters. The first-order valence-electron chi connectivity index (χ1n) is 8.23. The molecule has 5 nitrogen and oxygen atoms in total. The molecule has 0 radical (unpaired) electrons. The molecule has 0 spiro atoms. The molecule has 2 aromatic carbocycles. The van der Waals surface area contributed by atoms with Crippen LogP contribution in [0.2, 0.25) is 0 Å². The highest BCUT2D eigenvalue weighted by Gasteiger charge is 2.23. The molecule has 1 amide bonds. The van der Waals surface area contributed by atoms with E-state index in [-0.39, 0.29) is 18.7 Å². The van der Waals surface area contributed by atoms with E-state index in [0.717, 1.165) is 39.1 Å². The molecule has 0 saturated carbocycles. The van der Waals surface area contributed by atoms with Gasteiger partial charge in [-0.2, -0.15) is 0 Å². The summed E-state index contributed by atoms with van der Waals surface area (Å²) in [5.74, 6) is 1.57. The van der Waals surface area contributed by atoms with E-state index in [1.54, 1.807) is 11.8 Å². The number of anilines is 1. The van der Waals surface area contributed by atoms with E-state index in [1.165, 1.54) is 0 Å². The highest BCUT2D eigenvalue weighted by atomic mass is 32.2. The molecule has 0 aromatic heterocycles. The molecule has 1 unspecified atom stereocenters. The van der Waals surface area contributed by atoms with Crippen molar-refractivity contribution in [3.8, 4) is 11.5 Å². The average Bonchev–Trinajstić information content (AvgIpc) is 3.09. The summed E-state index contributed by atoms with van der Waals surface area (Å²) < 4.78 is 10.8. The minimum absolute atomic E-state index is 0.0137. The van der Waals surface area contributed by atoms with Gasteiger partial charge in [0.15, 0.2) is 17.5 Å². The van der Waals surface area contributed by atoms with E-state index in [4.69, 9.17) is 9.47 Å². The van der Waals surface area contributed by atoms with E-state index in [0.29, 0.717) is 0 Å². The van der Waals surface area contributed by atoms with Crippen molar-refractivity contribution in [3.05, 3.63) is 48.0 Å². The molecule has 2 aromatic rings. The maximum Gasteiger partial charge on any atom is 0.282 e. The lowest BCUT2D eigenvalue weighted by atomic mass is 10.1. The second kappa shape index (κ2) is 7.80. The van der Waals surface area contributed by atoms with Crippen LogP contribution in [0, 0.1) is 0 Å². The van der Waals surface area contributed by atoms with Crippen LogP contribution in [0.25, 0.3) is 0 Å². The molecule has 25 heavy (non-hydrogen) atoms. The normalized spacial score (nSPS) is 14.8. The van der Waals surface area contributed by atoms with Gasteiger partial charge in [0.05, 0.1) is 12.7 Å². The minimum atomic E-state index is -0.180. The summed E-state index contributed by atoms with van der Waals surface area (Å²) in [5, 5.41) is 3.04.